The van der Waals surface area contributed by atoms with Crippen LogP contribution in [0.4, 0.5) is 11.4 Å². The predicted molar refractivity (Wildman–Crippen MR) is 242 cm³/mol. The number of fused-ring (bicyclic) bond motifs is 3. The Morgan fingerprint density at radius 1 is 0.576 bits per heavy atom. The summed E-state index contributed by atoms with van der Waals surface area (Å²) in [5.41, 5.74) is 10.0. The number of benzene rings is 5. The minimum atomic E-state index is -0.213. The maximum absolute atomic E-state index is 6.60. The second-order valence-corrected chi connectivity index (χ2v) is 19.3. The van der Waals surface area contributed by atoms with E-state index >= 15 is 0 Å². The van der Waals surface area contributed by atoms with Crippen LogP contribution in [0.3, 0.4) is 0 Å². The van der Waals surface area contributed by atoms with Gasteiger partial charge in [0.15, 0.2) is 0 Å². The van der Waals surface area contributed by atoms with Gasteiger partial charge in [0.25, 0.3) is 0 Å². The molecule has 0 N–H and O–H groups in total. The number of allylic oxidation sites excluding steroid dienone is 1. The zero-order chi connectivity index (χ0) is 41.2. The van der Waals surface area contributed by atoms with Crippen molar-refractivity contribution in [2.45, 2.75) is 92.4 Å². The number of nitrogens with zero attached hydrogens (tertiary/aromatic N) is 4. The summed E-state index contributed by atoms with van der Waals surface area (Å²) in [6.07, 6.45) is 4.14. The SMILES string of the molecule is CC(C)(C)C1=CN(c2[c-]c(Oc3[c-]c4c(cc3)c3ccccc3n4-c3cc(C(C)(C)c4ccccc4)ccn3)ccc2)[CH-]N1c1cc(C(C)(C)C)cc(C(C)(C)C)c1.[Pt]. The van der Waals surface area contributed by atoms with Gasteiger partial charge in [-0.15, -0.1) is 48.1 Å². The molecule has 0 atom stereocenters. The summed E-state index contributed by atoms with van der Waals surface area (Å²) in [7, 11) is 0. The van der Waals surface area contributed by atoms with Crippen LogP contribution in [0.5, 0.6) is 11.5 Å². The van der Waals surface area contributed by atoms with Gasteiger partial charge in [0.05, 0.1) is 0 Å². The Hall–Kier alpha value is -5.12. The summed E-state index contributed by atoms with van der Waals surface area (Å²) in [6, 6.07) is 47.9. The average molecular weight is 959 g/mol. The maximum Gasteiger partial charge on any atom is 0.135 e. The van der Waals surface area contributed by atoms with Crippen molar-refractivity contribution in [3.05, 3.63) is 174 Å². The molecule has 5 aromatic carbocycles. The number of para-hydroxylation sites is 1. The Bertz CT molecular complexity index is 2640. The third-order valence-electron chi connectivity index (χ3n) is 11.5. The van der Waals surface area contributed by atoms with Gasteiger partial charge < -0.3 is 19.1 Å². The number of hydrogen-bond donors (Lipinski definition) is 0. The molecule has 306 valence electrons. The molecule has 0 bridgehead atoms. The Labute approximate surface area is 366 Å². The molecule has 0 saturated heterocycles. The van der Waals surface area contributed by atoms with E-state index in [1.54, 1.807) is 0 Å². The molecule has 0 saturated carbocycles. The van der Waals surface area contributed by atoms with Crippen LogP contribution in [-0.2, 0) is 37.3 Å². The van der Waals surface area contributed by atoms with Crippen LogP contribution in [0.2, 0.25) is 0 Å². The Morgan fingerprint density at radius 3 is 1.92 bits per heavy atom. The predicted octanol–water partition coefficient (Wildman–Crippen LogP) is 13.8. The number of pyridine rings is 1. The summed E-state index contributed by atoms with van der Waals surface area (Å²) < 4.78 is 8.80. The second kappa shape index (κ2) is 15.5. The molecule has 3 heterocycles. The molecule has 7 aromatic rings. The zero-order valence-corrected chi connectivity index (χ0v) is 38.5. The molecule has 0 aliphatic carbocycles. The van der Waals surface area contributed by atoms with E-state index in [-0.39, 0.29) is 42.7 Å². The van der Waals surface area contributed by atoms with Gasteiger partial charge >= 0.3 is 0 Å². The van der Waals surface area contributed by atoms with Gasteiger partial charge in [-0.2, -0.15) is 12.1 Å². The van der Waals surface area contributed by atoms with E-state index in [9.17, 15) is 0 Å². The van der Waals surface area contributed by atoms with E-state index in [0.717, 1.165) is 39.0 Å². The molecule has 6 heteroatoms. The van der Waals surface area contributed by atoms with Crippen LogP contribution in [-0.4, -0.2) is 9.55 Å². The molecule has 8 rings (SSSR count). The number of rotatable bonds is 7. The molecule has 0 unspecified atom stereocenters. The summed E-state index contributed by atoms with van der Waals surface area (Å²) in [6.45, 7) is 27.2. The van der Waals surface area contributed by atoms with Crippen LogP contribution >= 0.6 is 0 Å². The third kappa shape index (κ3) is 8.24. The normalized spacial score (nSPS) is 13.8. The van der Waals surface area contributed by atoms with Gasteiger partial charge in [-0.3, -0.25) is 0 Å². The van der Waals surface area contributed by atoms with Crippen molar-refractivity contribution < 1.29 is 25.8 Å². The van der Waals surface area contributed by atoms with Crippen LogP contribution in [0, 0.1) is 24.2 Å². The number of anilines is 2. The minimum absolute atomic E-state index is 0. The van der Waals surface area contributed by atoms with Gasteiger partial charge in [0, 0.05) is 66.5 Å². The van der Waals surface area contributed by atoms with Crippen LogP contribution in [0.1, 0.15) is 98.4 Å². The summed E-state index contributed by atoms with van der Waals surface area (Å²) >= 11 is 0. The summed E-state index contributed by atoms with van der Waals surface area (Å²) in [5.74, 6) is 2.06. The van der Waals surface area contributed by atoms with Crippen LogP contribution < -0.4 is 14.5 Å². The van der Waals surface area contributed by atoms with Gasteiger partial charge in [-0.25, -0.2) is 4.98 Å². The number of aromatic nitrogens is 2. The molecule has 1 aliphatic rings. The maximum atomic E-state index is 6.60. The first-order chi connectivity index (χ1) is 27.4. The van der Waals surface area contributed by atoms with Crippen molar-refractivity contribution in [2.24, 2.45) is 5.41 Å². The van der Waals surface area contributed by atoms with E-state index in [2.05, 4.69) is 213 Å². The van der Waals surface area contributed by atoms with E-state index in [4.69, 9.17) is 9.72 Å². The van der Waals surface area contributed by atoms with E-state index in [1.807, 2.05) is 24.4 Å². The van der Waals surface area contributed by atoms with Crippen molar-refractivity contribution in [1.29, 1.82) is 0 Å². The van der Waals surface area contributed by atoms with Crippen LogP contribution in [0.15, 0.2) is 133 Å². The molecule has 2 aromatic heterocycles. The average Bonchev–Trinajstić information content (AvgIpc) is 3.79. The molecule has 59 heavy (non-hydrogen) atoms. The monoisotopic (exact) mass is 958 g/mol. The van der Waals surface area contributed by atoms with Crippen molar-refractivity contribution in [3.8, 4) is 17.3 Å². The standard InChI is InChI=1S/C53H55N4O.Pt/c1-50(2,3)38-28-39(51(4,5)6)30-41(29-38)56-35-55(34-48(56)52(7,8)9)40-20-17-21-42(32-40)58-43-24-25-45-44-22-15-16-23-46(44)57(47(45)33-43)49-31-37(26-27-54-49)53(10,11)36-18-13-12-14-19-36;/h12-31,34-35H,1-11H3;/q-3;. The summed E-state index contributed by atoms with van der Waals surface area (Å²) in [4.78, 5) is 9.43. The van der Waals surface area contributed by atoms with Crippen molar-refractivity contribution in [3.63, 3.8) is 0 Å². The van der Waals surface area contributed by atoms with Crippen molar-refractivity contribution in [1.82, 2.24) is 9.55 Å². The van der Waals surface area contributed by atoms with Gasteiger partial charge in [0.2, 0.25) is 0 Å². The Balaban J connectivity index is 0.00000528. The molecule has 0 amide bonds. The van der Waals surface area contributed by atoms with Gasteiger partial charge in [0.1, 0.15) is 5.82 Å². The Morgan fingerprint density at radius 2 is 1.24 bits per heavy atom. The smallest absolute Gasteiger partial charge is 0.135 e. The molecule has 1 aliphatic heterocycles. The first kappa shape index (κ1) is 42.0. The fourth-order valence-electron chi connectivity index (χ4n) is 7.81. The van der Waals surface area contributed by atoms with E-state index in [1.165, 1.54) is 28.0 Å². The number of hydrogen-bond acceptors (Lipinski definition) is 4. The first-order valence-corrected chi connectivity index (χ1v) is 20.4. The molecule has 0 radical (unpaired) electrons. The van der Waals surface area contributed by atoms with Gasteiger partial charge in [-0.05, 0) is 75.0 Å². The molecule has 5 nitrogen and oxygen atoms in total. The molecule has 0 spiro atoms. The van der Waals surface area contributed by atoms with E-state index < -0.39 is 0 Å². The third-order valence-corrected chi connectivity index (χ3v) is 11.5. The van der Waals surface area contributed by atoms with E-state index in [0.29, 0.717) is 11.5 Å². The Kier molecular flexibility index (Phi) is 11.0. The van der Waals surface area contributed by atoms with Crippen molar-refractivity contribution in [2.75, 3.05) is 9.80 Å². The topological polar surface area (TPSA) is 33.5 Å². The van der Waals surface area contributed by atoms with Crippen LogP contribution in [0.25, 0.3) is 27.6 Å². The number of ether oxygens (including phenoxy) is 1. The summed E-state index contributed by atoms with van der Waals surface area (Å²) in [5, 5.41) is 2.23. The molecular formula is C53H55N4OPt-3. The quantitative estimate of drug-likeness (QED) is 0.149. The minimum Gasteiger partial charge on any atom is -0.509 e. The molecular weight excluding hydrogens is 904 g/mol. The largest absolute Gasteiger partial charge is 0.509 e. The second-order valence-electron chi connectivity index (χ2n) is 19.3. The zero-order valence-electron chi connectivity index (χ0n) is 36.2. The first-order valence-electron chi connectivity index (χ1n) is 20.4. The van der Waals surface area contributed by atoms with Gasteiger partial charge in [-0.1, -0.05) is 136 Å². The molecule has 0 fully saturated rings. The fourth-order valence-corrected chi connectivity index (χ4v) is 7.81. The van der Waals surface area contributed by atoms with Crippen molar-refractivity contribution >= 4 is 33.2 Å². The fraction of sp³-hybridized carbons (Fsp3) is 0.283.